The number of hydrogen-bond acceptors (Lipinski definition) is 3. The summed E-state index contributed by atoms with van der Waals surface area (Å²) in [5.41, 5.74) is 2.87. The van der Waals surface area contributed by atoms with Crippen molar-refractivity contribution in [3.63, 3.8) is 0 Å². The van der Waals surface area contributed by atoms with Gasteiger partial charge in [0.25, 0.3) is 5.91 Å². The molecule has 1 aliphatic heterocycles. The van der Waals surface area contributed by atoms with Crippen molar-refractivity contribution in [2.45, 2.75) is 19.9 Å². The Hall–Kier alpha value is -2.89. The molecule has 6 heteroatoms. The van der Waals surface area contributed by atoms with Gasteiger partial charge in [-0.1, -0.05) is 12.1 Å². The maximum atomic E-state index is 13.1. The second-order valence-electron chi connectivity index (χ2n) is 5.97. The van der Waals surface area contributed by atoms with E-state index >= 15 is 0 Å². The molecule has 0 aromatic heterocycles. The second kappa shape index (κ2) is 7.34. The number of amides is 2. The third-order valence-electron chi connectivity index (χ3n) is 4.11. The van der Waals surface area contributed by atoms with E-state index in [0.717, 1.165) is 18.5 Å². The van der Waals surface area contributed by atoms with E-state index < -0.39 is 5.82 Å². The quantitative estimate of drug-likeness (QED) is 0.929. The lowest BCUT2D eigenvalue weighted by Gasteiger charge is -2.28. The lowest BCUT2D eigenvalue weighted by Crippen LogP contribution is -2.34. The van der Waals surface area contributed by atoms with Gasteiger partial charge in [-0.2, -0.15) is 0 Å². The van der Waals surface area contributed by atoms with E-state index in [1.54, 1.807) is 17.9 Å². The van der Waals surface area contributed by atoms with E-state index in [1.165, 1.54) is 23.8 Å². The zero-order valence-corrected chi connectivity index (χ0v) is 13.9. The lowest BCUT2D eigenvalue weighted by atomic mass is 9.99. The van der Waals surface area contributed by atoms with Gasteiger partial charge >= 0.3 is 0 Å². The summed E-state index contributed by atoms with van der Waals surface area (Å²) in [5.74, 6) is -0.396. The Bertz CT molecular complexity index is 807. The topological polar surface area (TPSA) is 58.6 Å². The van der Waals surface area contributed by atoms with Gasteiger partial charge in [0.1, 0.15) is 11.6 Å². The molecular formula is C19H19FN2O3. The summed E-state index contributed by atoms with van der Waals surface area (Å²) < 4.78 is 18.4. The van der Waals surface area contributed by atoms with E-state index in [4.69, 9.17) is 4.74 Å². The smallest absolute Gasteiger partial charge is 0.262 e. The van der Waals surface area contributed by atoms with Crippen molar-refractivity contribution in [3.8, 4) is 5.75 Å². The molecule has 1 N–H and O–H groups in total. The van der Waals surface area contributed by atoms with Gasteiger partial charge < -0.3 is 15.0 Å². The monoisotopic (exact) mass is 342 g/mol. The van der Waals surface area contributed by atoms with Gasteiger partial charge in [0.05, 0.1) is 0 Å². The summed E-state index contributed by atoms with van der Waals surface area (Å²) in [6.45, 7) is 2.62. The molecule has 0 aliphatic carbocycles. The number of ether oxygens (including phenoxy) is 1. The van der Waals surface area contributed by atoms with Crippen molar-refractivity contribution in [2.75, 3.05) is 18.5 Å². The first-order valence-electron chi connectivity index (χ1n) is 8.07. The number of halogens is 1. The maximum absolute atomic E-state index is 13.1. The molecule has 0 unspecified atom stereocenters. The molecule has 1 heterocycles. The SMILES string of the molecule is CC(=O)N1CCc2ccc(NC(=O)COc3cccc(F)c3)cc2C1. The van der Waals surface area contributed by atoms with Crippen molar-refractivity contribution in [2.24, 2.45) is 0 Å². The Labute approximate surface area is 145 Å². The average Bonchev–Trinajstić information content (AvgIpc) is 2.59. The minimum absolute atomic E-state index is 0.0450. The van der Waals surface area contributed by atoms with Crippen LogP contribution in [0.3, 0.4) is 0 Å². The Morgan fingerprint density at radius 3 is 2.80 bits per heavy atom. The highest BCUT2D eigenvalue weighted by molar-refractivity contribution is 5.92. The molecule has 3 rings (SSSR count). The zero-order chi connectivity index (χ0) is 17.8. The van der Waals surface area contributed by atoms with E-state index in [9.17, 15) is 14.0 Å². The van der Waals surface area contributed by atoms with E-state index in [1.807, 2.05) is 18.2 Å². The van der Waals surface area contributed by atoms with Gasteiger partial charge in [0.2, 0.25) is 5.91 Å². The highest BCUT2D eigenvalue weighted by atomic mass is 19.1. The lowest BCUT2D eigenvalue weighted by molar-refractivity contribution is -0.129. The number of fused-ring (bicyclic) bond motifs is 1. The number of benzene rings is 2. The predicted molar refractivity (Wildman–Crippen MR) is 91.8 cm³/mol. The van der Waals surface area contributed by atoms with Gasteiger partial charge in [-0.05, 0) is 41.8 Å². The molecule has 0 bridgehead atoms. The molecule has 2 aromatic carbocycles. The average molecular weight is 342 g/mol. The number of carbonyl (C=O) groups is 2. The first kappa shape index (κ1) is 17.0. The Kier molecular flexibility index (Phi) is 4.97. The van der Waals surface area contributed by atoms with Crippen LogP contribution in [0.1, 0.15) is 18.1 Å². The predicted octanol–water partition coefficient (Wildman–Crippen LogP) is 2.75. The molecule has 5 nitrogen and oxygen atoms in total. The van der Waals surface area contributed by atoms with Crippen molar-refractivity contribution in [1.29, 1.82) is 0 Å². The Balaban J connectivity index is 1.60. The molecule has 0 atom stereocenters. The molecule has 0 fully saturated rings. The van der Waals surface area contributed by atoms with Crippen LogP contribution >= 0.6 is 0 Å². The molecule has 0 spiro atoms. The van der Waals surface area contributed by atoms with Crippen molar-refractivity contribution in [3.05, 3.63) is 59.4 Å². The van der Waals surface area contributed by atoms with Gasteiger partial charge in [-0.3, -0.25) is 9.59 Å². The normalized spacial score (nSPS) is 13.1. The van der Waals surface area contributed by atoms with Crippen molar-refractivity contribution < 1.29 is 18.7 Å². The van der Waals surface area contributed by atoms with Gasteiger partial charge in [0.15, 0.2) is 6.61 Å². The molecule has 2 aromatic rings. The number of anilines is 1. The third kappa shape index (κ3) is 4.35. The molecule has 2 amide bonds. The highest BCUT2D eigenvalue weighted by Crippen LogP contribution is 2.23. The van der Waals surface area contributed by atoms with Crippen LogP contribution in [0, 0.1) is 5.82 Å². The Morgan fingerprint density at radius 2 is 2.04 bits per heavy atom. The van der Waals surface area contributed by atoms with E-state index in [2.05, 4.69) is 5.32 Å². The summed E-state index contributed by atoms with van der Waals surface area (Å²) in [6.07, 6.45) is 0.811. The van der Waals surface area contributed by atoms with Crippen LogP contribution in [0.15, 0.2) is 42.5 Å². The molecule has 0 saturated carbocycles. The standard InChI is InChI=1S/C19H19FN2O3/c1-13(23)22-8-7-14-5-6-17(9-15(14)11-22)21-19(24)12-25-18-4-2-3-16(20)10-18/h2-6,9-10H,7-8,11-12H2,1H3,(H,21,24). The van der Waals surface area contributed by atoms with Gasteiger partial charge in [0, 0.05) is 31.8 Å². The van der Waals surface area contributed by atoms with Gasteiger partial charge in [-0.25, -0.2) is 4.39 Å². The second-order valence-corrected chi connectivity index (χ2v) is 5.97. The zero-order valence-electron chi connectivity index (χ0n) is 13.9. The molecule has 25 heavy (non-hydrogen) atoms. The first-order chi connectivity index (χ1) is 12.0. The summed E-state index contributed by atoms with van der Waals surface area (Å²) in [5, 5.41) is 2.76. The maximum Gasteiger partial charge on any atom is 0.262 e. The van der Waals surface area contributed by atoms with Crippen LogP contribution in [-0.4, -0.2) is 29.9 Å². The van der Waals surface area contributed by atoms with Crippen LogP contribution in [0.4, 0.5) is 10.1 Å². The van der Waals surface area contributed by atoms with Crippen molar-refractivity contribution in [1.82, 2.24) is 4.90 Å². The van der Waals surface area contributed by atoms with Crippen LogP contribution in [-0.2, 0) is 22.6 Å². The fourth-order valence-corrected chi connectivity index (χ4v) is 2.81. The van der Waals surface area contributed by atoms with Crippen LogP contribution in [0.25, 0.3) is 0 Å². The third-order valence-corrected chi connectivity index (χ3v) is 4.11. The largest absolute Gasteiger partial charge is 0.484 e. The van der Waals surface area contributed by atoms with E-state index in [-0.39, 0.29) is 18.4 Å². The minimum atomic E-state index is -0.414. The fraction of sp³-hybridized carbons (Fsp3) is 0.263. The summed E-state index contributed by atoms with van der Waals surface area (Å²) in [7, 11) is 0. The molecule has 0 saturated heterocycles. The number of carbonyl (C=O) groups excluding carboxylic acids is 2. The van der Waals surface area contributed by atoms with Crippen LogP contribution in [0.5, 0.6) is 5.75 Å². The summed E-state index contributed by atoms with van der Waals surface area (Å²) >= 11 is 0. The van der Waals surface area contributed by atoms with Crippen LogP contribution in [0.2, 0.25) is 0 Å². The molecule has 130 valence electrons. The molecular weight excluding hydrogens is 323 g/mol. The number of rotatable bonds is 4. The van der Waals surface area contributed by atoms with Crippen molar-refractivity contribution >= 4 is 17.5 Å². The number of hydrogen-bond donors (Lipinski definition) is 1. The minimum Gasteiger partial charge on any atom is -0.484 e. The molecule has 0 radical (unpaired) electrons. The first-order valence-corrected chi connectivity index (χ1v) is 8.07. The summed E-state index contributed by atoms with van der Waals surface area (Å²) in [4.78, 5) is 25.3. The van der Waals surface area contributed by atoms with Gasteiger partial charge in [-0.15, -0.1) is 0 Å². The number of nitrogens with zero attached hydrogens (tertiary/aromatic N) is 1. The number of nitrogens with one attached hydrogen (secondary N) is 1. The highest BCUT2D eigenvalue weighted by Gasteiger charge is 2.18. The fourth-order valence-electron chi connectivity index (χ4n) is 2.81. The molecule has 1 aliphatic rings. The summed E-state index contributed by atoms with van der Waals surface area (Å²) in [6, 6.07) is 11.3. The van der Waals surface area contributed by atoms with Crippen LogP contribution < -0.4 is 10.1 Å². The Morgan fingerprint density at radius 1 is 1.20 bits per heavy atom. The van der Waals surface area contributed by atoms with E-state index in [0.29, 0.717) is 18.0 Å².